The van der Waals surface area contributed by atoms with Crippen molar-refractivity contribution in [3.63, 3.8) is 0 Å². The summed E-state index contributed by atoms with van der Waals surface area (Å²) in [5.74, 6) is -0.239. The minimum Gasteiger partial charge on any atom is -0.348 e. The highest BCUT2D eigenvalue weighted by Crippen LogP contribution is 2.10. The Morgan fingerprint density at radius 3 is 2.68 bits per heavy atom. The smallest absolute Gasteiger partial charge is 0.267 e. The Balaban J connectivity index is 1.99. The van der Waals surface area contributed by atoms with E-state index in [1.165, 1.54) is 12.3 Å². The Bertz CT molecular complexity index is 607. The van der Waals surface area contributed by atoms with Crippen LogP contribution in [-0.4, -0.2) is 15.7 Å². The molecule has 0 saturated heterocycles. The normalized spacial score (nSPS) is 11.8. The fourth-order valence-corrected chi connectivity index (χ4v) is 1.75. The van der Waals surface area contributed by atoms with E-state index in [-0.39, 0.29) is 24.1 Å². The minimum atomic E-state index is -0.287. The molecule has 0 bridgehead atoms. The average Bonchev–Trinajstić information content (AvgIpc) is 2.42. The second-order valence-corrected chi connectivity index (χ2v) is 4.22. The van der Waals surface area contributed by atoms with Gasteiger partial charge in [0.1, 0.15) is 6.54 Å². The lowest BCUT2D eigenvalue weighted by molar-refractivity contribution is -0.122. The minimum absolute atomic E-state index is 0.0726. The molecule has 1 aromatic heterocycles. The van der Waals surface area contributed by atoms with Crippen molar-refractivity contribution in [1.29, 1.82) is 0 Å². The molecule has 2 aromatic rings. The van der Waals surface area contributed by atoms with Gasteiger partial charge in [0.25, 0.3) is 5.56 Å². The maximum atomic E-state index is 11.8. The summed E-state index contributed by atoms with van der Waals surface area (Å²) in [7, 11) is 0. The molecule has 1 N–H and O–H groups in total. The summed E-state index contributed by atoms with van der Waals surface area (Å²) < 4.78 is 1.13. The van der Waals surface area contributed by atoms with E-state index in [1.54, 1.807) is 6.07 Å². The zero-order valence-corrected chi connectivity index (χ0v) is 10.6. The molecule has 0 aliphatic rings. The number of rotatable bonds is 4. The molecule has 0 spiro atoms. The second-order valence-electron chi connectivity index (χ2n) is 4.22. The Morgan fingerprint density at radius 1 is 1.26 bits per heavy atom. The van der Waals surface area contributed by atoms with Crippen LogP contribution in [0, 0.1) is 0 Å². The van der Waals surface area contributed by atoms with Gasteiger partial charge in [-0.25, -0.2) is 4.68 Å². The topological polar surface area (TPSA) is 64.0 Å². The van der Waals surface area contributed by atoms with Gasteiger partial charge in [0, 0.05) is 12.3 Å². The van der Waals surface area contributed by atoms with Gasteiger partial charge < -0.3 is 5.32 Å². The molecule has 0 fully saturated rings. The first-order chi connectivity index (χ1) is 9.16. The zero-order chi connectivity index (χ0) is 13.7. The van der Waals surface area contributed by atoms with Crippen LogP contribution in [0.5, 0.6) is 0 Å². The standard InChI is InChI=1S/C14H15N3O2/c1-11(12-6-3-2-4-7-12)16-13(18)10-17-14(19)8-5-9-15-17/h2-9,11H,10H2,1H3,(H,16,18). The van der Waals surface area contributed by atoms with Crippen molar-refractivity contribution >= 4 is 5.91 Å². The molecule has 0 saturated carbocycles. The Kier molecular flexibility index (Phi) is 4.07. The van der Waals surface area contributed by atoms with Gasteiger partial charge in [-0.3, -0.25) is 9.59 Å². The van der Waals surface area contributed by atoms with Crippen molar-refractivity contribution in [2.75, 3.05) is 0 Å². The van der Waals surface area contributed by atoms with Crippen LogP contribution in [0.25, 0.3) is 0 Å². The van der Waals surface area contributed by atoms with E-state index >= 15 is 0 Å². The number of hydrogen-bond acceptors (Lipinski definition) is 3. The molecule has 19 heavy (non-hydrogen) atoms. The fraction of sp³-hybridized carbons (Fsp3) is 0.214. The highest BCUT2D eigenvalue weighted by Gasteiger charge is 2.10. The molecule has 0 aliphatic heterocycles. The third kappa shape index (κ3) is 3.51. The van der Waals surface area contributed by atoms with E-state index in [0.29, 0.717) is 0 Å². The maximum Gasteiger partial charge on any atom is 0.267 e. The Labute approximate surface area is 110 Å². The monoisotopic (exact) mass is 257 g/mol. The molecule has 1 amide bonds. The summed E-state index contributed by atoms with van der Waals surface area (Å²) >= 11 is 0. The maximum absolute atomic E-state index is 11.8. The summed E-state index contributed by atoms with van der Waals surface area (Å²) in [5.41, 5.74) is 0.731. The van der Waals surface area contributed by atoms with Crippen LogP contribution >= 0.6 is 0 Å². The van der Waals surface area contributed by atoms with Crippen molar-refractivity contribution in [1.82, 2.24) is 15.1 Å². The van der Waals surface area contributed by atoms with Gasteiger partial charge >= 0.3 is 0 Å². The fourth-order valence-electron chi connectivity index (χ4n) is 1.75. The van der Waals surface area contributed by atoms with Crippen LogP contribution < -0.4 is 10.9 Å². The Morgan fingerprint density at radius 2 is 2.00 bits per heavy atom. The first kappa shape index (κ1) is 13.0. The molecule has 0 radical (unpaired) electrons. The third-order valence-electron chi connectivity index (χ3n) is 2.76. The lowest BCUT2D eigenvalue weighted by Gasteiger charge is -2.14. The van der Waals surface area contributed by atoms with Gasteiger partial charge in [-0.15, -0.1) is 0 Å². The van der Waals surface area contributed by atoms with E-state index < -0.39 is 0 Å². The van der Waals surface area contributed by atoms with Gasteiger partial charge in [-0.05, 0) is 18.6 Å². The highest BCUT2D eigenvalue weighted by molar-refractivity contribution is 5.76. The summed E-state index contributed by atoms with van der Waals surface area (Å²) in [6.07, 6.45) is 1.48. The van der Waals surface area contributed by atoms with Crippen LogP contribution in [0.3, 0.4) is 0 Å². The predicted molar refractivity (Wildman–Crippen MR) is 71.5 cm³/mol. The Hall–Kier alpha value is -2.43. The summed E-state index contributed by atoms with van der Waals surface area (Å²) in [6, 6.07) is 12.5. The average molecular weight is 257 g/mol. The number of aromatic nitrogens is 2. The van der Waals surface area contributed by atoms with E-state index in [1.807, 2.05) is 37.3 Å². The lowest BCUT2D eigenvalue weighted by atomic mass is 10.1. The van der Waals surface area contributed by atoms with Crippen LogP contribution in [0.2, 0.25) is 0 Å². The lowest BCUT2D eigenvalue weighted by Crippen LogP contribution is -2.34. The first-order valence-electron chi connectivity index (χ1n) is 6.03. The number of nitrogens with zero attached hydrogens (tertiary/aromatic N) is 2. The van der Waals surface area contributed by atoms with E-state index in [4.69, 9.17) is 0 Å². The van der Waals surface area contributed by atoms with E-state index in [9.17, 15) is 9.59 Å². The van der Waals surface area contributed by atoms with Gasteiger partial charge in [0.2, 0.25) is 5.91 Å². The number of amides is 1. The van der Waals surface area contributed by atoms with Crippen LogP contribution in [0.4, 0.5) is 0 Å². The molecule has 1 heterocycles. The third-order valence-corrected chi connectivity index (χ3v) is 2.76. The van der Waals surface area contributed by atoms with Gasteiger partial charge in [-0.1, -0.05) is 30.3 Å². The SMILES string of the molecule is CC(NC(=O)Cn1ncccc1=O)c1ccccc1. The van der Waals surface area contributed by atoms with Crippen molar-refractivity contribution < 1.29 is 4.79 Å². The highest BCUT2D eigenvalue weighted by atomic mass is 16.2. The number of nitrogens with one attached hydrogen (secondary N) is 1. The summed E-state index contributed by atoms with van der Waals surface area (Å²) in [4.78, 5) is 23.3. The van der Waals surface area contributed by atoms with Crippen LogP contribution in [-0.2, 0) is 11.3 Å². The van der Waals surface area contributed by atoms with Crippen molar-refractivity contribution in [2.24, 2.45) is 0 Å². The van der Waals surface area contributed by atoms with Crippen molar-refractivity contribution in [2.45, 2.75) is 19.5 Å². The molecule has 2 rings (SSSR count). The van der Waals surface area contributed by atoms with Gasteiger partial charge in [-0.2, -0.15) is 5.10 Å². The molecule has 5 heteroatoms. The van der Waals surface area contributed by atoms with Crippen LogP contribution in [0.1, 0.15) is 18.5 Å². The molecule has 1 atom stereocenters. The quantitative estimate of drug-likeness (QED) is 0.892. The molecular formula is C14H15N3O2. The van der Waals surface area contributed by atoms with Gasteiger partial charge in [0.05, 0.1) is 6.04 Å². The largest absolute Gasteiger partial charge is 0.348 e. The molecule has 5 nitrogen and oxygen atoms in total. The predicted octanol–water partition coefficient (Wildman–Crippen LogP) is 1.12. The molecule has 1 unspecified atom stereocenters. The summed E-state index contributed by atoms with van der Waals surface area (Å²) in [6.45, 7) is 1.82. The van der Waals surface area contributed by atoms with E-state index in [0.717, 1.165) is 10.2 Å². The van der Waals surface area contributed by atoms with E-state index in [2.05, 4.69) is 10.4 Å². The number of carbonyl (C=O) groups is 1. The molecule has 0 aliphatic carbocycles. The molecule has 98 valence electrons. The molecule has 1 aromatic carbocycles. The number of hydrogen-bond donors (Lipinski definition) is 1. The zero-order valence-electron chi connectivity index (χ0n) is 10.6. The second kappa shape index (κ2) is 5.95. The van der Waals surface area contributed by atoms with Crippen molar-refractivity contribution in [3.05, 3.63) is 64.6 Å². The van der Waals surface area contributed by atoms with Crippen molar-refractivity contribution in [3.8, 4) is 0 Å². The van der Waals surface area contributed by atoms with Gasteiger partial charge in [0.15, 0.2) is 0 Å². The first-order valence-corrected chi connectivity index (χ1v) is 6.03. The van der Waals surface area contributed by atoms with Crippen LogP contribution in [0.15, 0.2) is 53.5 Å². The molecular weight excluding hydrogens is 242 g/mol. The number of benzene rings is 1. The summed E-state index contributed by atoms with van der Waals surface area (Å²) in [5, 5.41) is 6.67. The number of carbonyl (C=O) groups excluding carboxylic acids is 1.